The van der Waals surface area contributed by atoms with Gasteiger partial charge in [0.15, 0.2) is 0 Å². The van der Waals surface area contributed by atoms with Crippen molar-refractivity contribution in [2.45, 2.75) is 25.6 Å². The van der Waals surface area contributed by atoms with Crippen LogP contribution < -0.4 is 5.32 Å². The lowest BCUT2D eigenvalue weighted by Gasteiger charge is -2.18. The summed E-state index contributed by atoms with van der Waals surface area (Å²) in [6, 6.07) is 6.78. The van der Waals surface area contributed by atoms with Gasteiger partial charge in [0.1, 0.15) is 11.5 Å². The molecule has 0 aliphatic heterocycles. The van der Waals surface area contributed by atoms with E-state index >= 15 is 0 Å². The molecule has 0 saturated heterocycles. The van der Waals surface area contributed by atoms with Crippen LogP contribution in [0, 0.1) is 0 Å². The highest BCUT2D eigenvalue weighted by Gasteiger charge is 2.32. The summed E-state index contributed by atoms with van der Waals surface area (Å²) in [4.78, 5) is 0. The molecule has 21 heavy (non-hydrogen) atoms. The Kier molecular flexibility index (Phi) is 4.78. The fraction of sp³-hybridized carbons (Fsp3) is 0.333. The molecule has 1 N–H and O–H groups in total. The van der Waals surface area contributed by atoms with Crippen molar-refractivity contribution in [1.82, 2.24) is 5.32 Å². The van der Waals surface area contributed by atoms with E-state index in [4.69, 9.17) is 4.42 Å². The summed E-state index contributed by atoms with van der Waals surface area (Å²) in [7, 11) is 1.69. The molecule has 2 rings (SSSR count). The van der Waals surface area contributed by atoms with Gasteiger partial charge in [-0.25, -0.2) is 0 Å². The quantitative estimate of drug-likeness (QED) is 0.834. The van der Waals surface area contributed by atoms with Gasteiger partial charge in [0.2, 0.25) is 0 Å². The van der Waals surface area contributed by atoms with Gasteiger partial charge in [0.25, 0.3) is 0 Å². The van der Waals surface area contributed by atoms with E-state index in [-0.39, 0.29) is 0 Å². The Morgan fingerprint density at radius 1 is 1.24 bits per heavy atom. The van der Waals surface area contributed by atoms with Gasteiger partial charge in [-0.15, -0.1) is 0 Å². The van der Waals surface area contributed by atoms with Crippen molar-refractivity contribution in [3.8, 4) is 0 Å². The van der Waals surface area contributed by atoms with Crippen LogP contribution in [0.25, 0.3) is 0 Å². The molecule has 0 fully saturated rings. The number of nitrogens with one attached hydrogen (secondary N) is 1. The molecule has 1 unspecified atom stereocenters. The summed E-state index contributed by atoms with van der Waals surface area (Å²) >= 11 is 3.31. The standard InChI is InChI=1S/C15H15BrF3NO/c1-3-10-5-7-13(21-10)14(20-2)11-8-9(15(17,18)19)4-6-12(11)16/h4-8,14,20H,3H2,1-2H3. The van der Waals surface area contributed by atoms with Crippen LogP contribution in [-0.2, 0) is 12.6 Å². The first-order valence-electron chi connectivity index (χ1n) is 6.49. The molecule has 2 nitrogen and oxygen atoms in total. The summed E-state index contributed by atoms with van der Waals surface area (Å²) in [6.07, 6.45) is -3.63. The number of rotatable bonds is 4. The molecule has 0 aliphatic rings. The molecule has 114 valence electrons. The van der Waals surface area contributed by atoms with Gasteiger partial charge >= 0.3 is 6.18 Å². The van der Waals surface area contributed by atoms with E-state index < -0.39 is 17.8 Å². The maximum atomic E-state index is 12.9. The summed E-state index contributed by atoms with van der Waals surface area (Å²) in [6.45, 7) is 1.96. The minimum Gasteiger partial charge on any atom is -0.464 e. The Labute approximate surface area is 129 Å². The van der Waals surface area contributed by atoms with Gasteiger partial charge in [0, 0.05) is 10.9 Å². The Morgan fingerprint density at radius 2 is 1.95 bits per heavy atom. The zero-order chi connectivity index (χ0) is 15.6. The predicted octanol–water partition coefficient (Wildman–Crippen LogP) is 4.93. The highest BCUT2D eigenvalue weighted by Crippen LogP contribution is 2.36. The van der Waals surface area contributed by atoms with E-state index in [1.54, 1.807) is 13.1 Å². The minimum atomic E-state index is -4.37. The van der Waals surface area contributed by atoms with Gasteiger partial charge in [-0.05, 0) is 42.9 Å². The lowest BCUT2D eigenvalue weighted by Crippen LogP contribution is -2.18. The van der Waals surface area contributed by atoms with Gasteiger partial charge in [-0.2, -0.15) is 13.2 Å². The molecule has 1 atom stereocenters. The molecule has 1 aromatic carbocycles. The number of aryl methyl sites for hydroxylation is 1. The summed E-state index contributed by atoms with van der Waals surface area (Å²) in [5, 5.41) is 3.00. The van der Waals surface area contributed by atoms with Crippen LogP contribution in [0.15, 0.2) is 39.2 Å². The topological polar surface area (TPSA) is 25.2 Å². The fourth-order valence-corrected chi connectivity index (χ4v) is 2.61. The van der Waals surface area contributed by atoms with Gasteiger partial charge in [-0.3, -0.25) is 0 Å². The molecule has 6 heteroatoms. The largest absolute Gasteiger partial charge is 0.464 e. The zero-order valence-electron chi connectivity index (χ0n) is 11.6. The molecule has 0 spiro atoms. The van der Waals surface area contributed by atoms with Crippen LogP contribution in [-0.4, -0.2) is 7.05 Å². The lowest BCUT2D eigenvalue weighted by atomic mass is 10.0. The normalized spacial score (nSPS) is 13.4. The lowest BCUT2D eigenvalue weighted by molar-refractivity contribution is -0.137. The Bertz CT molecular complexity index is 622. The van der Waals surface area contributed by atoms with Crippen LogP contribution in [0.2, 0.25) is 0 Å². The van der Waals surface area contributed by atoms with Crippen molar-refractivity contribution in [3.63, 3.8) is 0 Å². The monoisotopic (exact) mass is 361 g/mol. The van der Waals surface area contributed by atoms with Gasteiger partial charge in [-0.1, -0.05) is 22.9 Å². The zero-order valence-corrected chi connectivity index (χ0v) is 13.2. The van der Waals surface area contributed by atoms with E-state index in [0.29, 0.717) is 15.8 Å². The van der Waals surface area contributed by atoms with E-state index in [1.807, 2.05) is 13.0 Å². The molecular formula is C15H15BrF3NO. The Morgan fingerprint density at radius 3 is 2.48 bits per heavy atom. The number of furan rings is 1. The van der Waals surface area contributed by atoms with Crippen molar-refractivity contribution in [1.29, 1.82) is 0 Å². The maximum absolute atomic E-state index is 12.9. The average Bonchev–Trinajstić information content (AvgIpc) is 2.89. The average molecular weight is 362 g/mol. The highest BCUT2D eigenvalue weighted by molar-refractivity contribution is 9.10. The smallest absolute Gasteiger partial charge is 0.416 e. The van der Waals surface area contributed by atoms with Crippen molar-refractivity contribution < 1.29 is 17.6 Å². The van der Waals surface area contributed by atoms with E-state index in [0.717, 1.165) is 24.3 Å². The molecule has 0 radical (unpaired) electrons. The molecule has 2 aromatic rings. The number of alkyl halides is 3. The van der Waals surface area contributed by atoms with Gasteiger partial charge < -0.3 is 9.73 Å². The van der Waals surface area contributed by atoms with E-state index in [9.17, 15) is 13.2 Å². The molecule has 0 bridgehead atoms. The predicted molar refractivity (Wildman–Crippen MR) is 78.1 cm³/mol. The Balaban J connectivity index is 2.46. The van der Waals surface area contributed by atoms with Crippen LogP contribution in [0.5, 0.6) is 0 Å². The molecule has 0 saturated carbocycles. The molecule has 1 heterocycles. The van der Waals surface area contributed by atoms with Crippen molar-refractivity contribution in [3.05, 3.63) is 57.5 Å². The highest BCUT2D eigenvalue weighted by atomic mass is 79.9. The third-order valence-corrected chi connectivity index (χ3v) is 3.96. The molecule has 0 aliphatic carbocycles. The van der Waals surface area contributed by atoms with Crippen molar-refractivity contribution in [2.75, 3.05) is 7.05 Å². The Hall–Kier alpha value is -1.27. The first kappa shape index (κ1) is 16.1. The SMILES string of the molecule is CCc1ccc(C(NC)c2cc(C(F)(F)F)ccc2Br)o1. The van der Waals surface area contributed by atoms with E-state index in [1.165, 1.54) is 6.07 Å². The minimum absolute atomic E-state index is 0.443. The maximum Gasteiger partial charge on any atom is 0.416 e. The summed E-state index contributed by atoms with van der Waals surface area (Å²) in [5.41, 5.74) is -0.187. The first-order chi connectivity index (χ1) is 9.86. The van der Waals surface area contributed by atoms with Gasteiger partial charge in [0.05, 0.1) is 11.6 Å². The molecule has 1 aromatic heterocycles. The van der Waals surface area contributed by atoms with Crippen molar-refractivity contribution >= 4 is 15.9 Å². The first-order valence-corrected chi connectivity index (χ1v) is 7.28. The van der Waals surface area contributed by atoms with E-state index in [2.05, 4.69) is 21.2 Å². The second kappa shape index (κ2) is 6.23. The second-order valence-electron chi connectivity index (χ2n) is 4.61. The fourth-order valence-electron chi connectivity index (χ4n) is 2.13. The number of benzene rings is 1. The second-order valence-corrected chi connectivity index (χ2v) is 5.47. The number of hydrogen-bond acceptors (Lipinski definition) is 2. The van der Waals surface area contributed by atoms with Crippen LogP contribution in [0.3, 0.4) is 0 Å². The van der Waals surface area contributed by atoms with Crippen LogP contribution in [0.1, 0.15) is 35.6 Å². The molecule has 0 amide bonds. The van der Waals surface area contributed by atoms with Crippen LogP contribution in [0.4, 0.5) is 13.2 Å². The molecular weight excluding hydrogens is 347 g/mol. The number of halogens is 4. The third kappa shape index (κ3) is 3.49. The van der Waals surface area contributed by atoms with Crippen molar-refractivity contribution in [2.24, 2.45) is 0 Å². The van der Waals surface area contributed by atoms with Crippen LogP contribution >= 0.6 is 15.9 Å². The number of hydrogen-bond donors (Lipinski definition) is 1. The third-order valence-electron chi connectivity index (χ3n) is 3.24. The summed E-state index contributed by atoms with van der Waals surface area (Å²) in [5.74, 6) is 1.39. The summed E-state index contributed by atoms with van der Waals surface area (Å²) < 4.78 is 44.9.